The van der Waals surface area contributed by atoms with Crippen molar-refractivity contribution in [3.63, 3.8) is 0 Å². The van der Waals surface area contributed by atoms with E-state index in [0.717, 1.165) is 29.7 Å². The highest BCUT2D eigenvalue weighted by molar-refractivity contribution is 7.10. The summed E-state index contributed by atoms with van der Waals surface area (Å²) in [5.74, 6) is -1.05. The SMILES string of the molecule is CC(CC(=O)NCc1cccc(C(F)(F)F)c1)C(=O)N1CCc2sccc2C1c1ccccc1. The van der Waals surface area contributed by atoms with Crippen LogP contribution in [-0.4, -0.2) is 23.3 Å². The molecule has 2 amide bonds. The molecule has 1 aliphatic heterocycles. The molecule has 2 heterocycles. The molecule has 0 saturated carbocycles. The first kappa shape index (κ1) is 24.0. The topological polar surface area (TPSA) is 49.4 Å². The molecule has 178 valence electrons. The molecule has 1 N–H and O–H groups in total. The van der Waals surface area contributed by atoms with Gasteiger partial charge >= 0.3 is 6.18 Å². The number of carbonyl (C=O) groups excluding carboxylic acids is 2. The van der Waals surface area contributed by atoms with E-state index in [1.807, 2.05) is 40.6 Å². The predicted molar refractivity (Wildman–Crippen MR) is 125 cm³/mol. The second-order valence-corrected chi connectivity index (χ2v) is 9.47. The maximum atomic E-state index is 13.4. The van der Waals surface area contributed by atoms with Crippen molar-refractivity contribution in [3.8, 4) is 0 Å². The Bertz CT molecular complexity index is 1160. The molecule has 0 bridgehead atoms. The maximum Gasteiger partial charge on any atom is 0.416 e. The van der Waals surface area contributed by atoms with Gasteiger partial charge in [0.1, 0.15) is 0 Å². The summed E-state index contributed by atoms with van der Waals surface area (Å²) in [7, 11) is 0. The average Bonchev–Trinajstić information content (AvgIpc) is 3.31. The lowest BCUT2D eigenvalue weighted by atomic mass is 9.91. The number of alkyl halides is 3. The van der Waals surface area contributed by atoms with Crippen molar-refractivity contribution in [2.45, 2.75) is 38.5 Å². The first-order valence-electron chi connectivity index (χ1n) is 11.1. The number of amides is 2. The van der Waals surface area contributed by atoms with Crippen LogP contribution in [0.5, 0.6) is 0 Å². The number of benzene rings is 2. The van der Waals surface area contributed by atoms with Crippen molar-refractivity contribution in [2.75, 3.05) is 6.54 Å². The van der Waals surface area contributed by atoms with Crippen LogP contribution in [0.4, 0.5) is 13.2 Å². The average molecular weight is 487 g/mol. The molecule has 2 unspecified atom stereocenters. The van der Waals surface area contributed by atoms with Gasteiger partial charge in [-0.1, -0.05) is 49.4 Å². The van der Waals surface area contributed by atoms with Crippen molar-refractivity contribution >= 4 is 23.2 Å². The van der Waals surface area contributed by atoms with Crippen LogP contribution in [-0.2, 0) is 28.7 Å². The molecule has 2 atom stereocenters. The Morgan fingerprint density at radius 1 is 1.12 bits per heavy atom. The van der Waals surface area contributed by atoms with E-state index in [1.54, 1.807) is 18.3 Å². The third-order valence-corrected chi connectivity index (χ3v) is 7.02. The van der Waals surface area contributed by atoms with Gasteiger partial charge in [0, 0.05) is 30.3 Å². The van der Waals surface area contributed by atoms with Crippen LogP contribution in [0.1, 0.15) is 46.5 Å². The fourth-order valence-corrected chi connectivity index (χ4v) is 5.23. The zero-order valence-corrected chi connectivity index (χ0v) is 19.5. The zero-order chi connectivity index (χ0) is 24.3. The molecule has 0 saturated heterocycles. The molecule has 0 aliphatic carbocycles. The molecule has 1 aromatic heterocycles. The highest BCUT2D eigenvalue weighted by Gasteiger charge is 2.35. The van der Waals surface area contributed by atoms with E-state index in [0.29, 0.717) is 12.1 Å². The van der Waals surface area contributed by atoms with Gasteiger partial charge < -0.3 is 10.2 Å². The fourth-order valence-electron chi connectivity index (χ4n) is 4.33. The first-order valence-corrected chi connectivity index (χ1v) is 12.0. The molecule has 1 aliphatic rings. The lowest BCUT2D eigenvalue weighted by Gasteiger charge is -2.37. The molecule has 34 heavy (non-hydrogen) atoms. The summed E-state index contributed by atoms with van der Waals surface area (Å²) in [6.07, 6.45) is -3.70. The number of carbonyl (C=O) groups is 2. The Kier molecular flexibility index (Phi) is 7.07. The van der Waals surface area contributed by atoms with E-state index in [-0.39, 0.29) is 30.8 Å². The zero-order valence-electron chi connectivity index (χ0n) is 18.6. The van der Waals surface area contributed by atoms with E-state index >= 15 is 0 Å². The summed E-state index contributed by atoms with van der Waals surface area (Å²) in [6, 6.07) is 16.6. The van der Waals surface area contributed by atoms with Crippen LogP contribution in [0.15, 0.2) is 66.0 Å². The summed E-state index contributed by atoms with van der Waals surface area (Å²) < 4.78 is 38.7. The monoisotopic (exact) mass is 486 g/mol. The Balaban J connectivity index is 1.41. The predicted octanol–water partition coefficient (Wildman–Crippen LogP) is 5.58. The van der Waals surface area contributed by atoms with E-state index in [1.165, 1.54) is 17.0 Å². The lowest BCUT2D eigenvalue weighted by Crippen LogP contribution is -2.43. The number of hydrogen-bond donors (Lipinski definition) is 1. The molecule has 0 fully saturated rings. The lowest BCUT2D eigenvalue weighted by molar-refractivity contribution is -0.139. The Morgan fingerprint density at radius 2 is 1.88 bits per heavy atom. The minimum Gasteiger partial charge on any atom is -0.352 e. The van der Waals surface area contributed by atoms with Gasteiger partial charge in [-0.15, -0.1) is 11.3 Å². The highest BCUT2D eigenvalue weighted by atomic mass is 32.1. The highest BCUT2D eigenvalue weighted by Crippen LogP contribution is 2.38. The second kappa shape index (κ2) is 10.0. The number of halogens is 3. The van der Waals surface area contributed by atoms with Crippen LogP contribution in [0, 0.1) is 5.92 Å². The van der Waals surface area contributed by atoms with E-state index in [9.17, 15) is 22.8 Å². The van der Waals surface area contributed by atoms with E-state index in [2.05, 4.69) is 11.4 Å². The minimum absolute atomic E-state index is 0.0295. The van der Waals surface area contributed by atoms with Crippen LogP contribution in [0.2, 0.25) is 0 Å². The second-order valence-electron chi connectivity index (χ2n) is 8.47. The molecule has 4 nitrogen and oxygen atoms in total. The Morgan fingerprint density at radius 3 is 2.62 bits per heavy atom. The molecular weight excluding hydrogens is 461 g/mol. The summed E-state index contributed by atoms with van der Waals surface area (Å²) in [6.45, 7) is 2.26. The molecule has 3 aromatic rings. The molecule has 0 spiro atoms. The number of nitrogens with zero attached hydrogens (tertiary/aromatic N) is 1. The van der Waals surface area contributed by atoms with Crippen molar-refractivity contribution in [3.05, 3.63) is 93.2 Å². The number of nitrogens with one attached hydrogen (secondary N) is 1. The van der Waals surface area contributed by atoms with Gasteiger partial charge in [0.25, 0.3) is 0 Å². The van der Waals surface area contributed by atoms with Gasteiger partial charge in [0.2, 0.25) is 11.8 Å². The van der Waals surface area contributed by atoms with Crippen LogP contribution >= 0.6 is 11.3 Å². The summed E-state index contributed by atoms with van der Waals surface area (Å²) in [4.78, 5) is 29.0. The normalized spacial score (nSPS) is 16.6. The van der Waals surface area contributed by atoms with Crippen LogP contribution in [0.25, 0.3) is 0 Å². The van der Waals surface area contributed by atoms with Crippen molar-refractivity contribution < 1.29 is 22.8 Å². The quantitative estimate of drug-likeness (QED) is 0.494. The van der Waals surface area contributed by atoms with Gasteiger partial charge in [-0.05, 0) is 46.7 Å². The first-order chi connectivity index (χ1) is 16.2. The van der Waals surface area contributed by atoms with Gasteiger partial charge in [-0.25, -0.2) is 0 Å². The van der Waals surface area contributed by atoms with Crippen molar-refractivity contribution in [2.24, 2.45) is 5.92 Å². The standard InChI is InChI=1S/C26H25F3N2O2S/c1-17(14-23(32)30-16-18-6-5-9-20(15-18)26(27,28)29)25(33)31-12-10-22-21(11-13-34-22)24(31)19-7-3-2-4-8-19/h2-9,11,13,15,17,24H,10,12,14,16H2,1H3,(H,30,32). The summed E-state index contributed by atoms with van der Waals surface area (Å²) in [5.41, 5.74) is 1.74. The van der Waals surface area contributed by atoms with Gasteiger partial charge in [0.05, 0.1) is 11.6 Å². The molecule has 2 aromatic carbocycles. The minimum atomic E-state index is -4.44. The van der Waals surface area contributed by atoms with E-state index < -0.39 is 17.7 Å². The van der Waals surface area contributed by atoms with Gasteiger partial charge in [-0.3, -0.25) is 9.59 Å². The molecule has 0 radical (unpaired) electrons. The molecule has 4 rings (SSSR count). The third-order valence-electron chi connectivity index (χ3n) is 6.02. The Hall–Kier alpha value is -3.13. The smallest absolute Gasteiger partial charge is 0.352 e. The number of rotatable bonds is 6. The molecule has 8 heteroatoms. The van der Waals surface area contributed by atoms with Gasteiger partial charge in [-0.2, -0.15) is 13.2 Å². The number of hydrogen-bond acceptors (Lipinski definition) is 3. The van der Waals surface area contributed by atoms with Crippen molar-refractivity contribution in [1.29, 1.82) is 0 Å². The largest absolute Gasteiger partial charge is 0.416 e. The van der Waals surface area contributed by atoms with Gasteiger partial charge in [0.15, 0.2) is 0 Å². The maximum absolute atomic E-state index is 13.4. The van der Waals surface area contributed by atoms with Crippen LogP contribution in [0.3, 0.4) is 0 Å². The Labute approximate surface area is 200 Å². The molecular formula is C26H25F3N2O2S. The number of fused-ring (bicyclic) bond motifs is 1. The summed E-state index contributed by atoms with van der Waals surface area (Å²) in [5, 5.41) is 4.69. The van der Waals surface area contributed by atoms with E-state index in [4.69, 9.17) is 0 Å². The number of thiophene rings is 1. The summed E-state index contributed by atoms with van der Waals surface area (Å²) >= 11 is 1.69. The third kappa shape index (κ3) is 5.33. The van der Waals surface area contributed by atoms with Crippen LogP contribution < -0.4 is 5.32 Å². The fraction of sp³-hybridized carbons (Fsp3) is 0.308. The van der Waals surface area contributed by atoms with Crippen molar-refractivity contribution in [1.82, 2.24) is 10.2 Å².